The number of carbonyl (C=O) groups excluding carboxylic acids is 3. The van der Waals surface area contributed by atoms with Crippen molar-refractivity contribution in [3.8, 4) is 0 Å². The Morgan fingerprint density at radius 1 is 1.17 bits per heavy atom. The summed E-state index contributed by atoms with van der Waals surface area (Å²) in [7, 11) is 1.43. The van der Waals surface area contributed by atoms with Crippen molar-refractivity contribution in [2.75, 3.05) is 7.11 Å². The quantitative estimate of drug-likeness (QED) is 0.633. The molecule has 0 bridgehead atoms. The van der Waals surface area contributed by atoms with E-state index in [1.807, 2.05) is 30.3 Å². The van der Waals surface area contributed by atoms with Crippen molar-refractivity contribution in [1.29, 1.82) is 0 Å². The maximum Gasteiger partial charge on any atom is 0.180 e. The summed E-state index contributed by atoms with van der Waals surface area (Å²) in [6.45, 7) is 4.94. The number of Topliss-reactive ketones (excluding diaryl/α,β-unsaturated/α-hetero) is 2. The van der Waals surface area contributed by atoms with Crippen molar-refractivity contribution in [2.24, 2.45) is 11.3 Å². The number of hydrogen-bond donors (Lipinski definition) is 0. The van der Waals surface area contributed by atoms with E-state index in [-0.39, 0.29) is 0 Å². The van der Waals surface area contributed by atoms with Crippen molar-refractivity contribution >= 4 is 23.4 Å². The highest BCUT2D eigenvalue weighted by molar-refractivity contribution is 6.30. The first-order chi connectivity index (χ1) is 10.8. The minimum Gasteiger partial charge on any atom is -0.500 e. The van der Waals surface area contributed by atoms with E-state index in [9.17, 15) is 14.4 Å². The minimum absolute atomic E-state index is 0.337. The van der Waals surface area contributed by atoms with Crippen molar-refractivity contribution in [1.82, 2.24) is 0 Å². The molecule has 1 atom stereocenters. The van der Waals surface area contributed by atoms with E-state index in [1.54, 1.807) is 26.8 Å². The molecule has 0 fully saturated rings. The molecule has 1 aliphatic rings. The van der Waals surface area contributed by atoms with Crippen LogP contribution in [0.3, 0.4) is 0 Å². The Bertz CT molecular complexity index is 708. The number of carbonyl (C=O) groups is 3. The molecule has 120 valence electrons. The maximum absolute atomic E-state index is 12.6. The highest BCUT2D eigenvalue weighted by Gasteiger charge is 2.49. The van der Waals surface area contributed by atoms with Gasteiger partial charge in [-0.05, 0) is 32.4 Å². The molecule has 0 amide bonds. The third kappa shape index (κ3) is 3.02. The fraction of sp³-hybridized carbons (Fsp3) is 0.316. The maximum atomic E-state index is 12.6. The standard InChI is InChI=1S/C19H20O4/c1-12-16(21)15(17(22)19(2,3)18(12)23-4)14(20)11-10-13-8-6-5-7-9-13/h5-11,15H,1-4H3/b11-10+. The summed E-state index contributed by atoms with van der Waals surface area (Å²) in [5.41, 5.74) is 0.178. The lowest BCUT2D eigenvalue weighted by Gasteiger charge is -2.34. The van der Waals surface area contributed by atoms with Crippen LogP contribution in [-0.2, 0) is 19.1 Å². The molecule has 0 spiro atoms. The van der Waals surface area contributed by atoms with Crippen LogP contribution in [0, 0.1) is 11.3 Å². The van der Waals surface area contributed by atoms with Gasteiger partial charge in [0, 0.05) is 5.57 Å². The van der Waals surface area contributed by atoms with Gasteiger partial charge in [-0.3, -0.25) is 14.4 Å². The van der Waals surface area contributed by atoms with Gasteiger partial charge in [-0.2, -0.15) is 0 Å². The van der Waals surface area contributed by atoms with Crippen molar-refractivity contribution in [3.05, 3.63) is 53.3 Å². The van der Waals surface area contributed by atoms with Crippen LogP contribution < -0.4 is 0 Å². The summed E-state index contributed by atoms with van der Waals surface area (Å²) < 4.78 is 5.23. The lowest BCUT2D eigenvalue weighted by atomic mass is 9.69. The van der Waals surface area contributed by atoms with Gasteiger partial charge >= 0.3 is 0 Å². The molecule has 0 saturated heterocycles. The first-order valence-corrected chi connectivity index (χ1v) is 7.41. The third-order valence-electron chi connectivity index (χ3n) is 4.15. The molecule has 0 N–H and O–H groups in total. The number of benzene rings is 1. The zero-order valence-electron chi connectivity index (χ0n) is 13.8. The Hall–Kier alpha value is -2.49. The van der Waals surface area contributed by atoms with Gasteiger partial charge in [-0.25, -0.2) is 0 Å². The summed E-state index contributed by atoms with van der Waals surface area (Å²) in [6.07, 6.45) is 2.91. The Balaban J connectivity index is 2.34. The molecule has 1 aromatic carbocycles. The van der Waals surface area contributed by atoms with Crippen LogP contribution in [0.4, 0.5) is 0 Å². The summed E-state index contributed by atoms with van der Waals surface area (Å²) in [4.78, 5) is 37.5. The summed E-state index contributed by atoms with van der Waals surface area (Å²) >= 11 is 0. The van der Waals surface area contributed by atoms with E-state index < -0.39 is 28.7 Å². The van der Waals surface area contributed by atoms with Gasteiger partial charge in [0.05, 0.1) is 12.5 Å². The molecule has 2 rings (SSSR count). The van der Waals surface area contributed by atoms with Crippen LogP contribution in [0.5, 0.6) is 0 Å². The van der Waals surface area contributed by atoms with E-state index in [0.29, 0.717) is 11.3 Å². The highest BCUT2D eigenvalue weighted by atomic mass is 16.5. The van der Waals surface area contributed by atoms with E-state index >= 15 is 0 Å². The molecule has 0 aliphatic heterocycles. The van der Waals surface area contributed by atoms with Crippen molar-refractivity contribution in [2.45, 2.75) is 20.8 Å². The van der Waals surface area contributed by atoms with E-state index in [0.717, 1.165) is 5.56 Å². The van der Waals surface area contributed by atoms with Crippen LogP contribution in [0.1, 0.15) is 26.3 Å². The molecule has 1 aromatic rings. The molecule has 1 unspecified atom stereocenters. The smallest absolute Gasteiger partial charge is 0.180 e. The highest BCUT2D eigenvalue weighted by Crippen LogP contribution is 2.39. The summed E-state index contributed by atoms with van der Waals surface area (Å²) in [5.74, 6) is -2.35. The van der Waals surface area contributed by atoms with Gasteiger partial charge in [0.2, 0.25) is 0 Å². The zero-order valence-corrected chi connectivity index (χ0v) is 13.8. The Kier molecular flexibility index (Phi) is 4.64. The van der Waals surface area contributed by atoms with Gasteiger partial charge in [0.1, 0.15) is 11.7 Å². The molecule has 0 saturated carbocycles. The summed E-state index contributed by atoms with van der Waals surface area (Å²) in [5, 5.41) is 0. The second kappa shape index (κ2) is 6.32. The van der Waals surface area contributed by atoms with E-state index in [4.69, 9.17) is 4.74 Å². The number of methoxy groups -OCH3 is 1. The van der Waals surface area contributed by atoms with Crippen LogP contribution in [0.25, 0.3) is 6.08 Å². The van der Waals surface area contributed by atoms with Gasteiger partial charge in [-0.1, -0.05) is 36.4 Å². The van der Waals surface area contributed by atoms with Gasteiger partial charge in [0.25, 0.3) is 0 Å². The fourth-order valence-corrected chi connectivity index (χ4v) is 2.89. The SMILES string of the molecule is COC1=C(C)C(=O)C(C(=O)/C=C/c2ccccc2)C(=O)C1(C)C. The largest absolute Gasteiger partial charge is 0.500 e. The van der Waals surface area contributed by atoms with Crippen molar-refractivity contribution < 1.29 is 19.1 Å². The van der Waals surface area contributed by atoms with E-state index in [1.165, 1.54) is 13.2 Å². The molecule has 0 heterocycles. The summed E-state index contributed by atoms with van der Waals surface area (Å²) in [6, 6.07) is 9.25. The number of rotatable bonds is 4. The van der Waals surface area contributed by atoms with E-state index in [2.05, 4.69) is 0 Å². The third-order valence-corrected chi connectivity index (χ3v) is 4.15. The molecular formula is C19H20O4. The van der Waals surface area contributed by atoms with Gasteiger partial charge < -0.3 is 4.74 Å². The fourth-order valence-electron chi connectivity index (χ4n) is 2.89. The lowest BCUT2D eigenvalue weighted by Crippen LogP contribution is -2.46. The molecule has 4 heteroatoms. The molecule has 1 aliphatic carbocycles. The number of ketones is 3. The number of hydrogen-bond acceptors (Lipinski definition) is 4. The average Bonchev–Trinajstić information content (AvgIpc) is 2.53. The molecule has 0 radical (unpaired) electrons. The average molecular weight is 312 g/mol. The predicted molar refractivity (Wildman–Crippen MR) is 87.5 cm³/mol. The Labute approximate surface area is 135 Å². The molecule has 0 aromatic heterocycles. The van der Waals surface area contributed by atoms with Gasteiger partial charge in [0.15, 0.2) is 17.3 Å². The lowest BCUT2D eigenvalue weighted by molar-refractivity contribution is -0.143. The topological polar surface area (TPSA) is 60.4 Å². The Morgan fingerprint density at radius 3 is 2.35 bits per heavy atom. The van der Waals surface area contributed by atoms with Crippen LogP contribution >= 0.6 is 0 Å². The number of allylic oxidation sites excluding steroid dienone is 3. The molecule has 4 nitrogen and oxygen atoms in total. The Morgan fingerprint density at radius 2 is 1.78 bits per heavy atom. The second-order valence-electron chi connectivity index (χ2n) is 6.09. The molecular weight excluding hydrogens is 292 g/mol. The normalized spacial score (nSPS) is 21.0. The zero-order chi connectivity index (χ0) is 17.2. The molecule has 23 heavy (non-hydrogen) atoms. The first kappa shape index (κ1) is 16.9. The number of ether oxygens (including phenoxy) is 1. The predicted octanol–water partition coefficient (Wildman–Crippen LogP) is 2.98. The van der Waals surface area contributed by atoms with Gasteiger partial charge in [-0.15, -0.1) is 0 Å². The first-order valence-electron chi connectivity index (χ1n) is 7.41. The monoisotopic (exact) mass is 312 g/mol. The second-order valence-corrected chi connectivity index (χ2v) is 6.09. The van der Waals surface area contributed by atoms with Crippen LogP contribution in [-0.4, -0.2) is 24.5 Å². The minimum atomic E-state index is -1.29. The van der Waals surface area contributed by atoms with Crippen LogP contribution in [0.15, 0.2) is 47.7 Å². The van der Waals surface area contributed by atoms with Crippen molar-refractivity contribution in [3.63, 3.8) is 0 Å². The van der Waals surface area contributed by atoms with Crippen LogP contribution in [0.2, 0.25) is 0 Å².